The molecule has 9 heteroatoms. The van der Waals surface area contributed by atoms with Gasteiger partial charge in [0.25, 0.3) is 5.91 Å². The number of aryl methyl sites for hydroxylation is 1. The first-order chi connectivity index (χ1) is 11.5. The Morgan fingerprint density at radius 2 is 2.33 bits per heavy atom. The van der Waals surface area contributed by atoms with Crippen LogP contribution in [0.5, 0.6) is 0 Å². The third-order valence-corrected chi connectivity index (χ3v) is 6.20. The molecular weight excluding hydrogens is 332 g/mol. The number of amides is 1. The quantitative estimate of drug-likeness (QED) is 0.777. The minimum absolute atomic E-state index is 0.0506. The van der Waals surface area contributed by atoms with E-state index in [9.17, 15) is 9.59 Å². The summed E-state index contributed by atoms with van der Waals surface area (Å²) < 4.78 is 14.3. The van der Waals surface area contributed by atoms with Crippen LogP contribution in [0.1, 0.15) is 29.0 Å². The maximum Gasteiger partial charge on any atom is 0.317 e. The van der Waals surface area contributed by atoms with E-state index >= 15 is 0 Å². The van der Waals surface area contributed by atoms with Crippen LogP contribution < -0.4 is 5.32 Å². The van der Waals surface area contributed by atoms with Gasteiger partial charge in [0.05, 0.1) is 35.7 Å². The van der Waals surface area contributed by atoms with Gasteiger partial charge in [0.1, 0.15) is 0 Å². The highest BCUT2D eigenvalue weighted by Crippen LogP contribution is 2.54. The zero-order chi connectivity index (χ0) is 16.9. The second kappa shape index (κ2) is 5.75. The molecule has 4 rings (SSSR count). The Morgan fingerprint density at radius 3 is 3.04 bits per heavy atom. The molecule has 2 bridgehead atoms. The molecule has 0 aliphatic carbocycles. The van der Waals surface area contributed by atoms with E-state index < -0.39 is 5.97 Å². The number of nitrogens with one attached hydrogen (secondary N) is 1. The van der Waals surface area contributed by atoms with Gasteiger partial charge in [-0.15, -0.1) is 0 Å². The van der Waals surface area contributed by atoms with Gasteiger partial charge in [0, 0.05) is 31.5 Å². The minimum atomic E-state index is -0.808. The number of fused-ring (bicyclic) bond motifs is 1. The molecule has 1 amide bonds. The molecule has 3 fully saturated rings. The number of rotatable bonds is 5. The highest BCUT2D eigenvalue weighted by molar-refractivity contribution is 6.99. The predicted octanol–water partition coefficient (Wildman–Crippen LogP) is 0.140. The number of hydrogen-bond donors (Lipinski definition) is 2. The Labute approximate surface area is 143 Å². The molecule has 2 N–H and O–H groups in total. The normalized spacial score (nSPS) is 34.5. The number of likely N-dealkylation sites (tertiary alicyclic amines) is 1. The molecule has 1 spiro atoms. The molecule has 3 aliphatic heterocycles. The Hall–Kier alpha value is -1.58. The van der Waals surface area contributed by atoms with Crippen molar-refractivity contribution < 1.29 is 19.4 Å². The molecule has 4 heterocycles. The standard InChI is InChI=1S/C15H20N4O4S/c1-8-13(18-24-17-8)14(22)16-4-9-10-5-19(6-12(20)21)7-15(10)3-2-11(9)23-15/h9-11H,2-7H2,1H3,(H,16,22)(H,20,21)/t9-,10+,11+,15+/m0/s1. The zero-order valence-corrected chi connectivity index (χ0v) is 14.2. The highest BCUT2D eigenvalue weighted by Gasteiger charge is 2.62. The summed E-state index contributed by atoms with van der Waals surface area (Å²) in [5.74, 6) is -0.491. The van der Waals surface area contributed by atoms with Crippen LogP contribution in [-0.4, -0.2) is 68.5 Å². The van der Waals surface area contributed by atoms with Gasteiger partial charge in [-0.3, -0.25) is 14.5 Å². The second-order valence-corrected chi connectivity index (χ2v) is 7.53. The molecule has 24 heavy (non-hydrogen) atoms. The molecule has 1 aromatic rings. The number of carbonyl (C=O) groups excluding carboxylic acids is 1. The molecule has 3 aliphatic rings. The summed E-state index contributed by atoms with van der Waals surface area (Å²) in [4.78, 5) is 25.2. The molecule has 130 valence electrons. The van der Waals surface area contributed by atoms with Gasteiger partial charge < -0.3 is 15.2 Å². The number of nitrogens with zero attached hydrogens (tertiary/aromatic N) is 3. The van der Waals surface area contributed by atoms with Crippen molar-refractivity contribution in [2.45, 2.75) is 31.5 Å². The number of hydrogen-bond acceptors (Lipinski definition) is 7. The zero-order valence-electron chi connectivity index (χ0n) is 13.4. The first-order valence-corrected chi connectivity index (χ1v) is 8.91. The number of aliphatic carboxylic acids is 1. The van der Waals surface area contributed by atoms with Crippen molar-refractivity contribution in [3.63, 3.8) is 0 Å². The molecule has 3 saturated heterocycles. The summed E-state index contributed by atoms with van der Waals surface area (Å²) in [6.07, 6.45) is 2.13. The molecule has 8 nitrogen and oxygen atoms in total. The lowest BCUT2D eigenvalue weighted by molar-refractivity contribution is -0.138. The molecule has 0 unspecified atom stereocenters. The van der Waals surface area contributed by atoms with Crippen LogP contribution in [0.3, 0.4) is 0 Å². The van der Waals surface area contributed by atoms with Gasteiger partial charge in [-0.05, 0) is 19.8 Å². The highest BCUT2D eigenvalue weighted by atomic mass is 32.1. The predicted molar refractivity (Wildman–Crippen MR) is 84.9 cm³/mol. The molecular formula is C15H20N4O4S. The number of ether oxygens (including phenoxy) is 1. The van der Waals surface area contributed by atoms with Crippen LogP contribution in [-0.2, 0) is 9.53 Å². The Kier molecular flexibility index (Phi) is 3.81. The van der Waals surface area contributed by atoms with Crippen LogP contribution in [0.2, 0.25) is 0 Å². The van der Waals surface area contributed by atoms with E-state index in [1.54, 1.807) is 6.92 Å². The maximum absolute atomic E-state index is 12.3. The lowest BCUT2D eigenvalue weighted by atomic mass is 9.73. The van der Waals surface area contributed by atoms with Gasteiger partial charge in [0.15, 0.2) is 5.69 Å². The van der Waals surface area contributed by atoms with E-state index in [2.05, 4.69) is 14.1 Å². The van der Waals surface area contributed by atoms with E-state index in [0.717, 1.165) is 31.1 Å². The average Bonchev–Trinajstić information content (AvgIpc) is 3.24. The minimum Gasteiger partial charge on any atom is -0.480 e. The Bertz CT molecular complexity index is 680. The summed E-state index contributed by atoms with van der Waals surface area (Å²) in [7, 11) is 0. The number of carboxylic acid groups (broad SMARTS) is 1. The number of aromatic nitrogens is 2. The number of carboxylic acids is 1. The summed E-state index contributed by atoms with van der Waals surface area (Å²) in [6.45, 7) is 3.76. The van der Waals surface area contributed by atoms with Crippen molar-refractivity contribution in [2.75, 3.05) is 26.2 Å². The van der Waals surface area contributed by atoms with Crippen LogP contribution in [0.4, 0.5) is 0 Å². The van der Waals surface area contributed by atoms with Crippen LogP contribution in [0.25, 0.3) is 0 Å². The van der Waals surface area contributed by atoms with Crippen molar-refractivity contribution in [3.8, 4) is 0 Å². The molecule has 0 aromatic carbocycles. The van der Waals surface area contributed by atoms with Crippen molar-refractivity contribution in [1.82, 2.24) is 19.0 Å². The van der Waals surface area contributed by atoms with Gasteiger partial charge in [-0.1, -0.05) is 0 Å². The summed E-state index contributed by atoms with van der Waals surface area (Å²) in [6, 6.07) is 0. The van der Waals surface area contributed by atoms with E-state index in [-0.39, 0.29) is 36.0 Å². The smallest absolute Gasteiger partial charge is 0.317 e. The third kappa shape index (κ3) is 2.51. The fraction of sp³-hybridized carbons (Fsp3) is 0.733. The van der Waals surface area contributed by atoms with Crippen molar-refractivity contribution in [3.05, 3.63) is 11.4 Å². The molecule has 0 saturated carbocycles. The van der Waals surface area contributed by atoms with Gasteiger partial charge in [-0.2, -0.15) is 8.75 Å². The monoisotopic (exact) mass is 352 g/mol. The first-order valence-electron chi connectivity index (χ1n) is 8.18. The van der Waals surface area contributed by atoms with Gasteiger partial charge in [0.2, 0.25) is 0 Å². The fourth-order valence-corrected chi connectivity index (χ4v) is 5.15. The van der Waals surface area contributed by atoms with Crippen LogP contribution in [0.15, 0.2) is 0 Å². The SMILES string of the molecule is Cc1nsnc1C(=O)NC[C@H]1[C@H]2CN(CC(=O)O)C[C@]23CC[C@H]1O3. The lowest BCUT2D eigenvalue weighted by Gasteiger charge is -2.29. The van der Waals surface area contributed by atoms with Crippen molar-refractivity contribution >= 4 is 23.6 Å². The molecule has 0 radical (unpaired) electrons. The van der Waals surface area contributed by atoms with Crippen molar-refractivity contribution in [2.24, 2.45) is 11.8 Å². The molecule has 4 atom stereocenters. The van der Waals surface area contributed by atoms with E-state index in [0.29, 0.717) is 24.5 Å². The third-order valence-electron chi connectivity index (χ3n) is 5.58. The van der Waals surface area contributed by atoms with E-state index in [1.165, 1.54) is 0 Å². The Morgan fingerprint density at radius 1 is 1.50 bits per heavy atom. The topological polar surface area (TPSA) is 105 Å². The van der Waals surface area contributed by atoms with E-state index in [4.69, 9.17) is 9.84 Å². The summed E-state index contributed by atoms with van der Waals surface area (Å²) in [5, 5.41) is 12.0. The van der Waals surface area contributed by atoms with Crippen LogP contribution in [0, 0.1) is 18.8 Å². The number of carbonyl (C=O) groups is 2. The van der Waals surface area contributed by atoms with Crippen molar-refractivity contribution in [1.29, 1.82) is 0 Å². The van der Waals surface area contributed by atoms with Gasteiger partial charge in [-0.25, -0.2) is 0 Å². The lowest BCUT2D eigenvalue weighted by Crippen LogP contribution is -2.42. The maximum atomic E-state index is 12.3. The fourth-order valence-electron chi connectivity index (χ4n) is 4.60. The molecule has 1 aromatic heterocycles. The van der Waals surface area contributed by atoms with E-state index in [1.807, 2.05) is 4.90 Å². The van der Waals surface area contributed by atoms with Crippen LogP contribution >= 0.6 is 11.7 Å². The largest absolute Gasteiger partial charge is 0.480 e. The average molecular weight is 352 g/mol. The Balaban J connectivity index is 1.42. The van der Waals surface area contributed by atoms with Gasteiger partial charge >= 0.3 is 5.97 Å². The second-order valence-electron chi connectivity index (χ2n) is 7.00. The first kappa shape index (κ1) is 15.9. The summed E-state index contributed by atoms with van der Waals surface area (Å²) in [5.41, 5.74) is 0.817. The summed E-state index contributed by atoms with van der Waals surface area (Å²) >= 11 is 1.04.